The average molecular weight is 1000 g/mol. The van der Waals surface area contributed by atoms with Crippen LogP contribution in [-0.2, 0) is 26.2 Å². The predicted octanol–water partition coefficient (Wildman–Crippen LogP) is 10.9. The number of aromatic nitrogens is 2. The number of benzene rings is 2. The molecule has 0 saturated heterocycles. The van der Waals surface area contributed by atoms with E-state index in [0.717, 1.165) is 37.1 Å². The molecule has 0 bridgehead atoms. The van der Waals surface area contributed by atoms with E-state index in [9.17, 15) is 46.3 Å². The van der Waals surface area contributed by atoms with Crippen molar-refractivity contribution in [1.29, 1.82) is 0 Å². The Kier molecular flexibility index (Phi) is 24.1. The lowest BCUT2D eigenvalue weighted by Crippen LogP contribution is -2.33. The van der Waals surface area contributed by atoms with E-state index in [1.54, 1.807) is 33.4 Å². The summed E-state index contributed by atoms with van der Waals surface area (Å²) in [7, 11) is 0. The van der Waals surface area contributed by atoms with Gasteiger partial charge in [0.15, 0.2) is 23.1 Å². The molecule has 4 rings (SSSR count). The van der Waals surface area contributed by atoms with Gasteiger partial charge in [0.05, 0.1) is 13.2 Å². The van der Waals surface area contributed by atoms with Gasteiger partial charge in [-0.1, -0.05) is 90.8 Å². The molecule has 0 fully saturated rings. The molecule has 0 saturated carbocycles. The standard InChI is InChI=1S/2C28H34F2N2O4/c2*1-6-9-12-36-27-25(24(33)13-18(4)7-2)32(16-19(5)8-3)17-22(26(27)34)28(35)31-15-20-10-11-21(29)14-23(20)30/h2*7-8,10-11,14,17-19H,2-3,6,9,12-13,15-16H2,1,4-5H3,(H,31,35)/t2*18-,19?/m00/s1. The molecule has 72 heavy (non-hydrogen) atoms. The van der Waals surface area contributed by atoms with E-state index in [-0.39, 0.29) is 133 Å². The minimum atomic E-state index is -0.812. The minimum Gasteiger partial charge on any atom is -0.487 e. The molecule has 4 atom stereocenters. The van der Waals surface area contributed by atoms with Gasteiger partial charge >= 0.3 is 0 Å². The van der Waals surface area contributed by atoms with E-state index in [1.165, 1.54) is 24.5 Å². The summed E-state index contributed by atoms with van der Waals surface area (Å²) in [6.45, 7) is 26.8. The van der Waals surface area contributed by atoms with Gasteiger partial charge in [-0.3, -0.25) is 28.8 Å². The van der Waals surface area contributed by atoms with Crippen LogP contribution in [0.2, 0.25) is 0 Å². The van der Waals surface area contributed by atoms with Crippen LogP contribution in [-0.4, -0.2) is 45.7 Å². The Morgan fingerprint density at radius 2 is 0.931 bits per heavy atom. The van der Waals surface area contributed by atoms with Crippen LogP contribution in [0.25, 0.3) is 0 Å². The molecule has 388 valence electrons. The number of carbonyl (C=O) groups is 4. The number of hydrogen-bond donors (Lipinski definition) is 2. The summed E-state index contributed by atoms with van der Waals surface area (Å²) >= 11 is 0. The fraction of sp³-hybridized carbons (Fsp3) is 0.393. The highest BCUT2D eigenvalue weighted by Crippen LogP contribution is 2.24. The van der Waals surface area contributed by atoms with Crippen molar-refractivity contribution < 1.29 is 46.2 Å². The van der Waals surface area contributed by atoms with Crippen molar-refractivity contribution in [3.05, 3.63) is 177 Å². The maximum atomic E-state index is 14.0. The molecule has 2 aromatic heterocycles. The first kappa shape index (κ1) is 59.2. The molecular formula is C56H68F4N4O8. The van der Waals surface area contributed by atoms with Gasteiger partial charge in [0.1, 0.15) is 45.8 Å². The number of nitrogens with zero attached hydrogens (tertiary/aromatic N) is 2. The first-order valence-corrected chi connectivity index (χ1v) is 24.1. The van der Waals surface area contributed by atoms with Crippen LogP contribution in [0.15, 0.2) is 109 Å². The molecule has 0 aliphatic carbocycles. The lowest BCUT2D eigenvalue weighted by Gasteiger charge is -2.21. The second kappa shape index (κ2) is 29.3. The summed E-state index contributed by atoms with van der Waals surface area (Å²) in [5.41, 5.74) is -1.60. The molecule has 0 radical (unpaired) electrons. The fourth-order valence-corrected chi connectivity index (χ4v) is 6.95. The van der Waals surface area contributed by atoms with Crippen LogP contribution >= 0.6 is 0 Å². The third-order valence-electron chi connectivity index (χ3n) is 11.5. The Morgan fingerprint density at radius 1 is 0.583 bits per heavy atom. The van der Waals surface area contributed by atoms with E-state index >= 15 is 0 Å². The number of rotatable bonds is 28. The van der Waals surface area contributed by atoms with Crippen LogP contribution in [0, 0.1) is 46.9 Å². The summed E-state index contributed by atoms with van der Waals surface area (Å²) < 4.78 is 69.1. The monoisotopic (exact) mass is 1000 g/mol. The Labute approximate surface area is 419 Å². The van der Waals surface area contributed by atoms with Gasteiger partial charge in [-0.2, -0.15) is 0 Å². The van der Waals surface area contributed by atoms with Crippen LogP contribution < -0.4 is 31.0 Å². The predicted molar refractivity (Wildman–Crippen MR) is 273 cm³/mol. The lowest BCUT2D eigenvalue weighted by molar-refractivity contribution is 0.0933. The fourth-order valence-electron chi connectivity index (χ4n) is 6.95. The number of unbranched alkanes of at least 4 members (excludes halogenated alkanes) is 2. The molecule has 0 aliphatic rings. The average Bonchev–Trinajstić information content (AvgIpc) is 3.34. The van der Waals surface area contributed by atoms with Gasteiger partial charge in [-0.05, 0) is 48.6 Å². The molecule has 2 amide bonds. The Balaban J connectivity index is 0.000000380. The summed E-state index contributed by atoms with van der Waals surface area (Å²) in [5.74, 6) is -6.00. The van der Waals surface area contributed by atoms with Gasteiger partial charge in [-0.15, -0.1) is 26.3 Å². The van der Waals surface area contributed by atoms with Crippen molar-refractivity contribution in [3.63, 3.8) is 0 Å². The third-order valence-corrected chi connectivity index (χ3v) is 11.5. The second-order valence-corrected chi connectivity index (χ2v) is 17.8. The van der Waals surface area contributed by atoms with Gasteiger partial charge in [-0.25, -0.2) is 17.6 Å². The summed E-state index contributed by atoms with van der Waals surface area (Å²) in [6.07, 6.45) is 12.5. The number of pyridine rings is 2. The first-order valence-electron chi connectivity index (χ1n) is 24.1. The summed E-state index contributed by atoms with van der Waals surface area (Å²) in [5, 5.41) is 5.01. The van der Waals surface area contributed by atoms with Gasteiger partial charge in [0.2, 0.25) is 10.9 Å². The number of allylic oxidation sites excluding steroid dienone is 4. The van der Waals surface area contributed by atoms with E-state index in [0.29, 0.717) is 12.8 Å². The van der Waals surface area contributed by atoms with Gasteiger partial charge < -0.3 is 29.2 Å². The molecule has 4 aromatic rings. The topological polar surface area (TPSA) is 155 Å². The van der Waals surface area contributed by atoms with E-state index in [4.69, 9.17) is 9.47 Å². The molecular weight excluding hydrogens is 933 g/mol. The van der Waals surface area contributed by atoms with Gasteiger partial charge in [0, 0.05) is 74.7 Å². The van der Waals surface area contributed by atoms with Crippen molar-refractivity contribution in [2.45, 2.75) is 106 Å². The van der Waals surface area contributed by atoms with Crippen molar-refractivity contribution >= 4 is 23.4 Å². The number of hydrogen-bond acceptors (Lipinski definition) is 8. The van der Waals surface area contributed by atoms with Crippen LogP contribution in [0.3, 0.4) is 0 Å². The molecule has 2 aromatic carbocycles. The Hall–Kier alpha value is -7.10. The number of halogens is 4. The maximum absolute atomic E-state index is 14.0. The number of amides is 2. The normalized spacial score (nSPS) is 12.5. The number of carbonyl (C=O) groups excluding carboxylic acids is 4. The zero-order valence-corrected chi connectivity index (χ0v) is 42.2. The van der Waals surface area contributed by atoms with E-state index < -0.39 is 45.9 Å². The first-order chi connectivity index (χ1) is 34.2. The molecule has 2 heterocycles. The quantitative estimate of drug-likeness (QED) is 0.0247. The van der Waals surface area contributed by atoms with Crippen molar-refractivity contribution in [3.8, 4) is 11.5 Å². The highest BCUT2D eigenvalue weighted by molar-refractivity contribution is 6.01. The minimum absolute atomic E-state index is 0.0648. The molecule has 12 nitrogen and oxygen atoms in total. The SMILES string of the molecule is C=CC(C)Cn1cc(C(=O)NCc2ccc(F)cc2F)c(=O)c(OCCCC)c1C(=O)C[C@@H](C)C=C.C=CC(C)Cn1cc(C(=O)NCc2ccc(F)cc2F)c(=O)c(OCCCC)c1C(=O)C[C@@H](C)C=C. The lowest BCUT2D eigenvalue weighted by atomic mass is 10.0. The summed E-state index contributed by atoms with van der Waals surface area (Å²) in [4.78, 5) is 79.4. The van der Waals surface area contributed by atoms with Gasteiger partial charge in [0.25, 0.3) is 11.8 Å². The Morgan fingerprint density at radius 3 is 1.24 bits per heavy atom. The molecule has 16 heteroatoms. The number of ketones is 2. The maximum Gasteiger partial charge on any atom is 0.257 e. The van der Waals surface area contributed by atoms with Crippen molar-refractivity contribution in [2.75, 3.05) is 13.2 Å². The van der Waals surface area contributed by atoms with Crippen LogP contribution in [0.1, 0.15) is 133 Å². The van der Waals surface area contributed by atoms with Crippen molar-refractivity contribution in [2.24, 2.45) is 23.7 Å². The molecule has 0 aliphatic heterocycles. The number of ether oxygens (including phenoxy) is 2. The van der Waals surface area contributed by atoms with Crippen LogP contribution in [0.4, 0.5) is 17.6 Å². The zero-order valence-electron chi connectivity index (χ0n) is 42.2. The third kappa shape index (κ3) is 17.0. The second-order valence-electron chi connectivity index (χ2n) is 17.8. The Bertz CT molecular complexity index is 2530. The largest absolute Gasteiger partial charge is 0.487 e. The highest BCUT2D eigenvalue weighted by Gasteiger charge is 2.29. The molecule has 0 spiro atoms. The van der Waals surface area contributed by atoms with Crippen molar-refractivity contribution in [1.82, 2.24) is 19.8 Å². The number of nitrogens with one attached hydrogen (secondary N) is 2. The zero-order chi connectivity index (χ0) is 53.7. The van der Waals surface area contributed by atoms with Crippen LogP contribution in [0.5, 0.6) is 11.5 Å². The molecule has 2 N–H and O–H groups in total. The summed E-state index contributed by atoms with van der Waals surface area (Å²) in [6, 6.07) is 6.04. The smallest absolute Gasteiger partial charge is 0.257 e. The molecule has 2 unspecified atom stereocenters. The number of Topliss-reactive ketones (excluding diaryl/α,β-unsaturated/α-hetero) is 2. The van der Waals surface area contributed by atoms with E-state index in [1.807, 2.05) is 41.5 Å². The van der Waals surface area contributed by atoms with E-state index in [2.05, 4.69) is 36.9 Å². The highest BCUT2D eigenvalue weighted by atomic mass is 19.1.